The average molecular weight is 210 g/mol. The van der Waals surface area contributed by atoms with Gasteiger partial charge in [0.15, 0.2) is 0 Å². The number of aromatic nitrogens is 2. The van der Waals surface area contributed by atoms with Crippen LogP contribution in [0.25, 0.3) is 0 Å². The van der Waals surface area contributed by atoms with Gasteiger partial charge in [-0.1, -0.05) is 12.6 Å². The van der Waals surface area contributed by atoms with Crippen molar-refractivity contribution < 1.29 is 32.7 Å². The first-order valence-electron chi connectivity index (χ1n) is 2.89. The summed E-state index contributed by atoms with van der Waals surface area (Å²) in [5.74, 6) is 0. The van der Waals surface area contributed by atoms with Crippen molar-refractivity contribution in [1.82, 2.24) is 9.97 Å². The van der Waals surface area contributed by atoms with Gasteiger partial charge in [0.2, 0.25) is 0 Å². The summed E-state index contributed by atoms with van der Waals surface area (Å²) < 4.78 is 0. The van der Waals surface area contributed by atoms with E-state index in [0.717, 1.165) is 17.1 Å². The molecule has 2 nitrogen and oxygen atoms in total. The SMILES string of the molecule is Cc1[c-]nc(C)c(C)n1.[Y]. The molecule has 0 saturated carbocycles. The standard InChI is InChI=1S/C7H9N2.Y/c1-5-4-8-6(2)7(3)9-5;/h1-3H3;/q-1;. The van der Waals surface area contributed by atoms with Crippen LogP contribution in [-0.4, -0.2) is 9.97 Å². The number of aryl methyl sites for hydroxylation is 3. The van der Waals surface area contributed by atoms with Gasteiger partial charge in [0.05, 0.1) is 0 Å². The molecule has 0 saturated heterocycles. The van der Waals surface area contributed by atoms with Gasteiger partial charge < -0.3 is 4.98 Å². The summed E-state index contributed by atoms with van der Waals surface area (Å²) in [6, 6.07) is 0. The van der Waals surface area contributed by atoms with Crippen LogP contribution in [0.5, 0.6) is 0 Å². The first-order chi connectivity index (χ1) is 4.20. The Morgan fingerprint density at radius 1 is 1.10 bits per heavy atom. The zero-order chi connectivity index (χ0) is 6.85. The fourth-order valence-electron chi connectivity index (χ4n) is 0.603. The Labute approximate surface area is 86.3 Å². The van der Waals surface area contributed by atoms with E-state index in [9.17, 15) is 0 Å². The molecule has 1 heterocycles. The number of nitrogens with zero attached hydrogens (tertiary/aromatic N) is 2. The minimum atomic E-state index is 0. The predicted octanol–water partition coefficient (Wildman–Crippen LogP) is 1.20. The predicted molar refractivity (Wildman–Crippen MR) is 35.1 cm³/mol. The van der Waals surface area contributed by atoms with Crippen molar-refractivity contribution >= 4 is 0 Å². The molecule has 0 unspecified atom stereocenters. The second-order valence-electron chi connectivity index (χ2n) is 2.09. The van der Waals surface area contributed by atoms with E-state index in [1.165, 1.54) is 0 Å². The van der Waals surface area contributed by atoms with Crippen molar-refractivity contribution in [3.63, 3.8) is 0 Å². The zero-order valence-corrected chi connectivity index (χ0v) is 9.31. The summed E-state index contributed by atoms with van der Waals surface area (Å²) >= 11 is 0. The second-order valence-corrected chi connectivity index (χ2v) is 2.09. The van der Waals surface area contributed by atoms with Gasteiger partial charge in [-0.15, -0.1) is 6.20 Å². The quantitative estimate of drug-likeness (QED) is 0.601. The minimum Gasteiger partial charge on any atom is -0.453 e. The number of hydrogen-bond donors (Lipinski definition) is 0. The van der Waals surface area contributed by atoms with Gasteiger partial charge in [-0.2, -0.15) is 0 Å². The molecule has 3 heteroatoms. The fourth-order valence-corrected chi connectivity index (χ4v) is 0.603. The first-order valence-corrected chi connectivity index (χ1v) is 2.89. The zero-order valence-electron chi connectivity index (χ0n) is 6.47. The molecule has 0 aromatic carbocycles. The average Bonchev–Trinajstić information content (AvgIpc) is 1.80. The van der Waals surface area contributed by atoms with Crippen molar-refractivity contribution in [2.24, 2.45) is 0 Å². The molecule has 0 aliphatic carbocycles. The van der Waals surface area contributed by atoms with E-state index in [2.05, 4.69) is 16.2 Å². The van der Waals surface area contributed by atoms with Crippen molar-refractivity contribution in [3.8, 4) is 0 Å². The molecule has 1 rings (SSSR count). The maximum Gasteiger partial charge on any atom is 0 e. The summed E-state index contributed by atoms with van der Waals surface area (Å²) in [5.41, 5.74) is 2.81. The van der Waals surface area contributed by atoms with Gasteiger partial charge in [0, 0.05) is 32.7 Å². The summed E-state index contributed by atoms with van der Waals surface area (Å²) in [5, 5.41) is 0. The van der Waals surface area contributed by atoms with E-state index in [-0.39, 0.29) is 32.7 Å². The molecular weight excluding hydrogens is 201 g/mol. The van der Waals surface area contributed by atoms with E-state index < -0.39 is 0 Å². The first kappa shape index (κ1) is 10.2. The van der Waals surface area contributed by atoms with E-state index in [1.807, 2.05) is 20.8 Å². The largest absolute Gasteiger partial charge is 0.453 e. The van der Waals surface area contributed by atoms with Gasteiger partial charge in [0.25, 0.3) is 0 Å². The van der Waals surface area contributed by atoms with Crippen LogP contribution >= 0.6 is 0 Å². The third-order valence-corrected chi connectivity index (χ3v) is 1.24. The Balaban J connectivity index is 0.000000810. The van der Waals surface area contributed by atoms with E-state index in [4.69, 9.17) is 0 Å². The Bertz CT molecular complexity index is 223. The van der Waals surface area contributed by atoms with Crippen LogP contribution in [0.3, 0.4) is 0 Å². The normalized spacial score (nSPS) is 8.70. The third kappa shape index (κ3) is 2.43. The summed E-state index contributed by atoms with van der Waals surface area (Å²) in [7, 11) is 0. The van der Waals surface area contributed by atoms with Crippen molar-refractivity contribution in [2.75, 3.05) is 0 Å². The molecule has 0 spiro atoms. The fraction of sp³-hybridized carbons (Fsp3) is 0.429. The van der Waals surface area contributed by atoms with Crippen molar-refractivity contribution in [3.05, 3.63) is 23.3 Å². The molecule has 51 valence electrons. The molecule has 0 N–H and O–H groups in total. The van der Waals surface area contributed by atoms with Crippen LogP contribution in [0, 0.1) is 27.0 Å². The van der Waals surface area contributed by atoms with Crippen LogP contribution in [0.4, 0.5) is 0 Å². The third-order valence-electron chi connectivity index (χ3n) is 1.24. The molecule has 0 aliphatic rings. The summed E-state index contributed by atoms with van der Waals surface area (Å²) in [4.78, 5) is 8.15. The Morgan fingerprint density at radius 3 is 2.10 bits per heavy atom. The van der Waals surface area contributed by atoms with Crippen molar-refractivity contribution in [2.45, 2.75) is 20.8 Å². The van der Waals surface area contributed by atoms with Crippen LogP contribution in [0.2, 0.25) is 0 Å². The van der Waals surface area contributed by atoms with Gasteiger partial charge in [0.1, 0.15) is 0 Å². The van der Waals surface area contributed by atoms with Crippen LogP contribution < -0.4 is 0 Å². The van der Waals surface area contributed by atoms with Gasteiger partial charge >= 0.3 is 0 Å². The monoisotopic (exact) mass is 210 g/mol. The molecule has 1 radical (unpaired) electrons. The van der Waals surface area contributed by atoms with E-state index >= 15 is 0 Å². The van der Waals surface area contributed by atoms with E-state index in [0.29, 0.717) is 0 Å². The Kier molecular flexibility index (Phi) is 4.22. The topological polar surface area (TPSA) is 25.8 Å². The van der Waals surface area contributed by atoms with Crippen LogP contribution in [0.15, 0.2) is 0 Å². The molecule has 0 aliphatic heterocycles. The summed E-state index contributed by atoms with van der Waals surface area (Å²) in [6.07, 6.45) is 2.78. The molecule has 0 bridgehead atoms. The Morgan fingerprint density at radius 2 is 1.70 bits per heavy atom. The smallest absolute Gasteiger partial charge is 0 e. The van der Waals surface area contributed by atoms with Gasteiger partial charge in [-0.25, -0.2) is 0 Å². The minimum absolute atomic E-state index is 0. The molecule has 0 atom stereocenters. The molecular formula is C7H9N2Y-. The maximum atomic E-state index is 4.16. The molecule has 0 fully saturated rings. The summed E-state index contributed by atoms with van der Waals surface area (Å²) in [6.45, 7) is 5.76. The van der Waals surface area contributed by atoms with Crippen LogP contribution in [-0.2, 0) is 32.7 Å². The van der Waals surface area contributed by atoms with Gasteiger partial charge in [-0.05, 0) is 25.2 Å². The van der Waals surface area contributed by atoms with Gasteiger partial charge in [-0.3, -0.25) is 4.98 Å². The maximum absolute atomic E-state index is 4.16. The second kappa shape index (κ2) is 4.14. The van der Waals surface area contributed by atoms with Crippen LogP contribution in [0.1, 0.15) is 17.1 Å². The molecule has 10 heavy (non-hydrogen) atoms. The number of rotatable bonds is 0. The molecule has 1 aromatic rings. The molecule has 1 aromatic heterocycles. The van der Waals surface area contributed by atoms with Crippen molar-refractivity contribution in [1.29, 1.82) is 0 Å². The molecule has 0 amide bonds. The Hall–Kier alpha value is 0.184. The van der Waals surface area contributed by atoms with E-state index in [1.54, 1.807) is 0 Å². The number of hydrogen-bond acceptors (Lipinski definition) is 2.